The van der Waals surface area contributed by atoms with Crippen LogP contribution in [0.2, 0.25) is 0 Å². The van der Waals surface area contributed by atoms with Crippen LogP contribution in [-0.4, -0.2) is 49.7 Å². The summed E-state index contributed by atoms with van der Waals surface area (Å²) in [5, 5.41) is 11.1. The molecule has 0 spiro atoms. The fourth-order valence-electron chi connectivity index (χ4n) is 3.56. The summed E-state index contributed by atoms with van der Waals surface area (Å²) in [6, 6.07) is 3.95. The van der Waals surface area contributed by atoms with Crippen molar-refractivity contribution >= 4 is 27.3 Å². The van der Waals surface area contributed by atoms with Crippen molar-refractivity contribution in [2.24, 2.45) is 11.7 Å². The van der Waals surface area contributed by atoms with E-state index in [2.05, 4.69) is 0 Å². The van der Waals surface area contributed by atoms with Gasteiger partial charge in [0.15, 0.2) is 0 Å². The minimum atomic E-state index is -3.81. The van der Waals surface area contributed by atoms with Crippen molar-refractivity contribution in [3.8, 4) is 0 Å². The Morgan fingerprint density at radius 1 is 1.15 bits per heavy atom. The van der Waals surface area contributed by atoms with E-state index in [1.54, 1.807) is 0 Å². The highest BCUT2D eigenvalue weighted by Crippen LogP contribution is 2.34. The van der Waals surface area contributed by atoms with E-state index in [-0.39, 0.29) is 22.4 Å². The summed E-state index contributed by atoms with van der Waals surface area (Å²) < 4.78 is 27.5. The number of rotatable bonds is 5. The van der Waals surface area contributed by atoms with Gasteiger partial charge in [0.1, 0.15) is 4.90 Å². The number of benzene rings is 1. The Morgan fingerprint density at radius 3 is 2.31 bits per heavy atom. The standard InChI is InChI=1S/C16H22N4O5S/c17-16(21)12-5-9-18(10-6-12)14-4-3-13(20(22)23)11-15(14)26(24,25)19-7-1-2-8-19/h3-4,11-12H,1-2,5-10H2,(H2,17,21). The smallest absolute Gasteiger partial charge is 0.270 e. The Labute approximate surface area is 152 Å². The highest BCUT2D eigenvalue weighted by atomic mass is 32.2. The number of hydrogen-bond acceptors (Lipinski definition) is 6. The Balaban J connectivity index is 1.97. The van der Waals surface area contributed by atoms with Crippen LogP contribution < -0.4 is 10.6 Å². The molecule has 0 radical (unpaired) electrons. The maximum absolute atomic E-state index is 13.0. The fourth-order valence-corrected chi connectivity index (χ4v) is 5.30. The van der Waals surface area contributed by atoms with Crippen molar-refractivity contribution in [3.05, 3.63) is 28.3 Å². The molecule has 0 bridgehead atoms. The van der Waals surface area contributed by atoms with Gasteiger partial charge in [-0.15, -0.1) is 0 Å². The van der Waals surface area contributed by atoms with Crippen LogP contribution in [0.15, 0.2) is 23.1 Å². The molecule has 1 aromatic carbocycles. The largest absolute Gasteiger partial charge is 0.370 e. The zero-order valence-corrected chi connectivity index (χ0v) is 15.2. The number of nitrogens with two attached hydrogens (primary N) is 1. The number of carbonyl (C=O) groups is 1. The third-order valence-electron chi connectivity index (χ3n) is 5.08. The minimum Gasteiger partial charge on any atom is -0.370 e. The first-order valence-electron chi connectivity index (χ1n) is 8.63. The summed E-state index contributed by atoms with van der Waals surface area (Å²) in [6.45, 7) is 1.81. The first kappa shape index (κ1) is 18.6. The molecule has 2 heterocycles. The molecule has 10 heteroatoms. The van der Waals surface area contributed by atoms with Gasteiger partial charge in [-0.25, -0.2) is 8.42 Å². The predicted molar refractivity (Wildman–Crippen MR) is 95.2 cm³/mol. The van der Waals surface area contributed by atoms with Crippen LogP contribution in [0.3, 0.4) is 0 Å². The minimum absolute atomic E-state index is 0.0360. The Morgan fingerprint density at radius 2 is 1.77 bits per heavy atom. The lowest BCUT2D eigenvalue weighted by molar-refractivity contribution is -0.385. The number of nitrogens with zero attached hydrogens (tertiary/aromatic N) is 3. The van der Waals surface area contributed by atoms with Gasteiger partial charge in [-0.05, 0) is 31.7 Å². The molecule has 142 valence electrons. The number of hydrogen-bond donors (Lipinski definition) is 1. The lowest BCUT2D eigenvalue weighted by Gasteiger charge is -2.33. The predicted octanol–water partition coefficient (Wildman–Crippen LogP) is 1.08. The molecular formula is C16H22N4O5S. The van der Waals surface area contributed by atoms with Gasteiger partial charge in [-0.2, -0.15) is 4.31 Å². The highest BCUT2D eigenvalue weighted by Gasteiger charge is 2.33. The van der Waals surface area contributed by atoms with E-state index in [1.165, 1.54) is 16.4 Å². The summed E-state index contributed by atoms with van der Waals surface area (Å²) in [6.07, 6.45) is 2.64. The van der Waals surface area contributed by atoms with Gasteiger partial charge in [0.25, 0.3) is 5.69 Å². The molecule has 0 saturated carbocycles. The first-order valence-corrected chi connectivity index (χ1v) is 10.1. The first-order chi connectivity index (χ1) is 12.3. The Kier molecular flexibility index (Phi) is 5.15. The summed E-state index contributed by atoms with van der Waals surface area (Å²) in [5.74, 6) is -0.568. The van der Waals surface area contributed by atoms with Crippen LogP contribution >= 0.6 is 0 Å². The van der Waals surface area contributed by atoms with E-state index in [0.717, 1.165) is 18.9 Å². The Hall–Kier alpha value is -2.20. The van der Waals surface area contributed by atoms with E-state index in [4.69, 9.17) is 5.73 Å². The van der Waals surface area contributed by atoms with Gasteiger partial charge in [-0.3, -0.25) is 14.9 Å². The second-order valence-corrected chi connectivity index (χ2v) is 8.59. The van der Waals surface area contributed by atoms with Crippen LogP contribution in [0.4, 0.5) is 11.4 Å². The molecule has 2 saturated heterocycles. The van der Waals surface area contributed by atoms with Gasteiger partial charge >= 0.3 is 0 Å². The van der Waals surface area contributed by atoms with Crippen molar-refractivity contribution in [1.82, 2.24) is 4.31 Å². The Bertz CT molecular complexity index is 812. The molecular weight excluding hydrogens is 360 g/mol. The SMILES string of the molecule is NC(=O)C1CCN(c2ccc([N+](=O)[O-])cc2S(=O)(=O)N2CCCC2)CC1. The quantitative estimate of drug-likeness (QED) is 0.600. The van der Waals surface area contributed by atoms with Gasteiger partial charge in [0.05, 0.1) is 10.6 Å². The van der Waals surface area contributed by atoms with Crippen LogP contribution in [0.1, 0.15) is 25.7 Å². The van der Waals surface area contributed by atoms with E-state index in [1.807, 2.05) is 4.90 Å². The molecule has 0 aliphatic carbocycles. The molecule has 3 rings (SSSR count). The third kappa shape index (κ3) is 3.51. The summed E-state index contributed by atoms with van der Waals surface area (Å²) >= 11 is 0. The molecule has 2 fully saturated rings. The fraction of sp³-hybridized carbons (Fsp3) is 0.562. The summed E-state index contributed by atoms with van der Waals surface area (Å²) in [5.41, 5.74) is 5.55. The van der Waals surface area contributed by atoms with Gasteiger partial charge < -0.3 is 10.6 Å². The topological polar surface area (TPSA) is 127 Å². The summed E-state index contributed by atoms with van der Waals surface area (Å²) in [4.78, 5) is 23.7. The van der Waals surface area contributed by atoms with Crippen LogP contribution in [0.25, 0.3) is 0 Å². The zero-order valence-electron chi connectivity index (χ0n) is 14.3. The molecule has 0 atom stereocenters. The molecule has 1 amide bonds. The maximum Gasteiger partial charge on any atom is 0.270 e. The van der Waals surface area contributed by atoms with Crippen molar-refractivity contribution in [2.45, 2.75) is 30.6 Å². The van der Waals surface area contributed by atoms with Gasteiger partial charge in [0.2, 0.25) is 15.9 Å². The lowest BCUT2D eigenvalue weighted by atomic mass is 9.96. The van der Waals surface area contributed by atoms with Crippen molar-refractivity contribution in [1.29, 1.82) is 0 Å². The molecule has 2 aliphatic heterocycles. The van der Waals surface area contributed by atoms with Crippen LogP contribution in [-0.2, 0) is 14.8 Å². The van der Waals surface area contributed by atoms with Gasteiger partial charge in [-0.1, -0.05) is 0 Å². The van der Waals surface area contributed by atoms with Crippen molar-refractivity contribution in [3.63, 3.8) is 0 Å². The van der Waals surface area contributed by atoms with E-state index in [9.17, 15) is 23.3 Å². The number of non-ortho nitro benzene ring substituents is 1. The lowest BCUT2D eigenvalue weighted by Crippen LogP contribution is -2.39. The van der Waals surface area contributed by atoms with E-state index >= 15 is 0 Å². The highest BCUT2D eigenvalue weighted by molar-refractivity contribution is 7.89. The molecule has 0 aromatic heterocycles. The van der Waals surface area contributed by atoms with Crippen molar-refractivity contribution < 1.29 is 18.1 Å². The number of carbonyl (C=O) groups excluding carboxylic acids is 1. The molecule has 2 N–H and O–H groups in total. The second-order valence-electron chi connectivity index (χ2n) is 6.68. The second kappa shape index (κ2) is 7.20. The number of primary amides is 1. The van der Waals surface area contributed by atoms with Crippen LogP contribution in [0.5, 0.6) is 0 Å². The molecule has 1 aromatic rings. The number of amides is 1. The third-order valence-corrected chi connectivity index (χ3v) is 7.00. The number of nitro benzene ring substituents is 1. The van der Waals surface area contributed by atoms with Gasteiger partial charge in [0, 0.05) is 44.2 Å². The number of sulfonamides is 1. The molecule has 0 unspecified atom stereocenters. The molecule has 9 nitrogen and oxygen atoms in total. The summed E-state index contributed by atoms with van der Waals surface area (Å²) in [7, 11) is -3.81. The van der Waals surface area contributed by atoms with Crippen molar-refractivity contribution in [2.75, 3.05) is 31.1 Å². The average molecular weight is 382 g/mol. The van der Waals surface area contributed by atoms with E-state index in [0.29, 0.717) is 44.7 Å². The normalized spacial score (nSPS) is 19.6. The maximum atomic E-state index is 13.0. The van der Waals surface area contributed by atoms with E-state index < -0.39 is 14.9 Å². The number of nitro groups is 1. The monoisotopic (exact) mass is 382 g/mol. The zero-order chi connectivity index (χ0) is 18.9. The number of anilines is 1. The number of piperidine rings is 1. The van der Waals surface area contributed by atoms with Crippen LogP contribution in [0, 0.1) is 16.0 Å². The average Bonchev–Trinajstić information content (AvgIpc) is 3.16. The molecule has 26 heavy (non-hydrogen) atoms. The molecule has 2 aliphatic rings.